The summed E-state index contributed by atoms with van der Waals surface area (Å²) in [6.45, 7) is 9.39. The highest BCUT2D eigenvalue weighted by Gasteiger charge is 2.43. The van der Waals surface area contributed by atoms with E-state index in [9.17, 15) is 9.18 Å². The maximum absolute atomic E-state index is 14.7. The van der Waals surface area contributed by atoms with Crippen LogP contribution in [0.2, 0.25) is 0 Å². The van der Waals surface area contributed by atoms with Crippen molar-refractivity contribution in [3.05, 3.63) is 29.6 Å². The van der Waals surface area contributed by atoms with Gasteiger partial charge in [0.1, 0.15) is 0 Å². The van der Waals surface area contributed by atoms with Crippen LogP contribution in [0.25, 0.3) is 5.70 Å². The second kappa shape index (κ2) is 6.35. The van der Waals surface area contributed by atoms with Crippen LogP contribution in [0.4, 0.5) is 4.39 Å². The molecule has 1 saturated heterocycles. The van der Waals surface area contributed by atoms with Crippen molar-refractivity contribution in [2.45, 2.75) is 45.7 Å². The zero-order chi connectivity index (χ0) is 17.5. The molecule has 2 N–H and O–H groups in total. The molecule has 0 saturated carbocycles. The average molecular weight is 323 g/mol. The molecule has 128 valence electrons. The molecule has 1 aliphatic heterocycles. The zero-order valence-electron chi connectivity index (χ0n) is 14.5. The van der Waals surface area contributed by atoms with Gasteiger partial charge in [0.25, 0.3) is 5.91 Å². The Morgan fingerprint density at radius 1 is 1.52 bits per heavy atom. The highest BCUT2D eigenvalue weighted by Crippen LogP contribution is 2.39. The van der Waals surface area contributed by atoms with E-state index in [1.54, 1.807) is 31.8 Å². The van der Waals surface area contributed by atoms with Gasteiger partial charge in [-0.1, -0.05) is 20.4 Å². The number of aromatic nitrogens is 1. The first-order chi connectivity index (χ1) is 10.7. The number of nitrogens with two attached hydrogens (primary N) is 1. The van der Waals surface area contributed by atoms with Crippen molar-refractivity contribution in [3.63, 3.8) is 0 Å². The number of carbonyl (C=O) groups excluding carboxylic acids is 1. The second-order valence-electron chi connectivity index (χ2n) is 6.41. The van der Waals surface area contributed by atoms with Gasteiger partial charge in [0, 0.05) is 43.2 Å². The van der Waals surface area contributed by atoms with Gasteiger partial charge in [0.05, 0.1) is 11.7 Å². The van der Waals surface area contributed by atoms with Crippen molar-refractivity contribution in [2.75, 3.05) is 14.1 Å². The summed E-state index contributed by atoms with van der Waals surface area (Å²) >= 11 is 0. The fourth-order valence-electron chi connectivity index (χ4n) is 3.23. The van der Waals surface area contributed by atoms with E-state index in [0.717, 1.165) is 6.42 Å². The molecule has 0 aromatic carbocycles. The van der Waals surface area contributed by atoms with E-state index in [4.69, 9.17) is 10.5 Å². The number of alkyl halides is 1. The quantitative estimate of drug-likeness (QED) is 0.927. The SMILES string of the molecule is C=C(N)c1c(C(=O)N(C)C)cn([C@@H]2O[C@H](CC)[C@@H](C)[C@@H]2F)c1C. The highest BCUT2D eigenvalue weighted by molar-refractivity contribution is 5.99. The molecule has 4 atom stereocenters. The van der Waals surface area contributed by atoms with Crippen LogP contribution in [0.1, 0.15) is 48.1 Å². The zero-order valence-corrected chi connectivity index (χ0v) is 14.5. The third kappa shape index (κ3) is 2.87. The molecule has 1 aromatic heterocycles. The molecule has 0 spiro atoms. The molecule has 2 heterocycles. The lowest BCUT2D eigenvalue weighted by atomic mass is 10.00. The standard InChI is InChI=1S/C17H26FN3O2/c1-7-13-9(2)15(18)17(23-13)21-8-12(16(22)20(5)6)14(10(3)19)11(21)4/h8-9,13,15,17H,3,7,19H2,1-2,4-6H3/t9-,13-,15+,17-/m1/s1. The summed E-state index contributed by atoms with van der Waals surface area (Å²) < 4.78 is 22.3. The lowest BCUT2D eigenvalue weighted by Crippen LogP contribution is -2.23. The normalized spacial score (nSPS) is 27.2. The van der Waals surface area contributed by atoms with E-state index in [1.807, 2.05) is 13.8 Å². The predicted octanol–water partition coefficient (Wildman–Crippen LogP) is 2.71. The highest BCUT2D eigenvalue weighted by atomic mass is 19.1. The smallest absolute Gasteiger partial charge is 0.255 e. The number of halogens is 1. The minimum absolute atomic E-state index is 0.130. The van der Waals surface area contributed by atoms with Crippen molar-refractivity contribution in [3.8, 4) is 0 Å². The van der Waals surface area contributed by atoms with Gasteiger partial charge in [-0.05, 0) is 13.3 Å². The number of rotatable bonds is 4. The van der Waals surface area contributed by atoms with Crippen molar-refractivity contribution in [1.82, 2.24) is 9.47 Å². The van der Waals surface area contributed by atoms with E-state index in [1.165, 1.54) is 4.90 Å². The van der Waals surface area contributed by atoms with Gasteiger partial charge in [-0.15, -0.1) is 0 Å². The summed E-state index contributed by atoms with van der Waals surface area (Å²) in [5.41, 5.74) is 7.84. The second-order valence-corrected chi connectivity index (χ2v) is 6.41. The lowest BCUT2D eigenvalue weighted by Gasteiger charge is -2.18. The number of ether oxygens (including phenoxy) is 1. The Hall–Kier alpha value is -1.82. The average Bonchev–Trinajstić information content (AvgIpc) is 2.96. The first kappa shape index (κ1) is 17.5. The van der Waals surface area contributed by atoms with Crippen LogP contribution in [0.5, 0.6) is 0 Å². The first-order valence-electron chi connectivity index (χ1n) is 7.88. The fourth-order valence-corrected chi connectivity index (χ4v) is 3.23. The van der Waals surface area contributed by atoms with E-state index in [-0.39, 0.29) is 17.9 Å². The maximum Gasteiger partial charge on any atom is 0.255 e. The summed E-state index contributed by atoms with van der Waals surface area (Å²) in [6.07, 6.45) is 0.379. The van der Waals surface area contributed by atoms with Gasteiger partial charge >= 0.3 is 0 Å². The molecule has 0 unspecified atom stereocenters. The summed E-state index contributed by atoms with van der Waals surface area (Å²) in [4.78, 5) is 13.9. The molecular weight excluding hydrogens is 297 g/mol. The summed E-state index contributed by atoms with van der Waals surface area (Å²) in [7, 11) is 3.33. The Kier molecular flexibility index (Phi) is 4.84. The molecule has 1 amide bonds. The molecule has 2 rings (SSSR count). The molecule has 5 nitrogen and oxygen atoms in total. The van der Waals surface area contributed by atoms with Crippen LogP contribution < -0.4 is 5.73 Å². The van der Waals surface area contributed by atoms with Crippen LogP contribution in [0.3, 0.4) is 0 Å². The van der Waals surface area contributed by atoms with Crippen LogP contribution in [0, 0.1) is 12.8 Å². The molecule has 1 aromatic rings. The number of amides is 1. The number of carbonyl (C=O) groups is 1. The first-order valence-corrected chi connectivity index (χ1v) is 7.88. The minimum Gasteiger partial charge on any atom is -0.399 e. The Morgan fingerprint density at radius 2 is 2.13 bits per heavy atom. The Balaban J connectivity index is 2.51. The van der Waals surface area contributed by atoms with Gasteiger partial charge in [-0.3, -0.25) is 4.79 Å². The van der Waals surface area contributed by atoms with E-state index in [0.29, 0.717) is 22.5 Å². The molecule has 0 radical (unpaired) electrons. The van der Waals surface area contributed by atoms with Crippen LogP contribution in [0.15, 0.2) is 12.8 Å². The third-order valence-electron chi connectivity index (χ3n) is 4.60. The molecule has 1 aliphatic rings. The molecular formula is C17H26FN3O2. The lowest BCUT2D eigenvalue weighted by molar-refractivity contribution is -0.0216. The number of hydrogen-bond acceptors (Lipinski definition) is 3. The number of nitrogens with zero attached hydrogens (tertiary/aromatic N) is 2. The van der Waals surface area contributed by atoms with Crippen molar-refractivity contribution >= 4 is 11.6 Å². The van der Waals surface area contributed by atoms with Gasteiger partial charge < -0.3 is 19.9 Å². The van der Waals surface area contributed by atoms with Crippen molar-refractivity contribution in [1.29, 1.82) is 0 Å². The van der Waals surface area contributed by atoms with E-state index >= 15 is 0 Å². The Bertz CT molecular complexity index is 624. The fraction of sp³-hybridized carbons (Fsp3) is 0.588. The summed E-state index contributed by atoms with van der Waals surface area (Å²) in [5, 5.41) is 0. The van der Waals surface area contributed by atoms with Crippen LogP contribution in [-0.2, 0) is 4.74 Å². The molecule has 6 heteroatoms. The Morgan fingerprint density at radius 3 is 2.57 bits per heavy atom. The monoisotopic (exact) mass is 323 g/mol. The molecule has 23 heavy (non-hydrogen) atoms. The van der Waals surface area contributed by atoms with Crippen LogP contribution in [-0.4, -0.2) is 41.7 Å². The molecule has 0 bridgehead atoms. The topological polar surface area (TPSA) is 60.5 Å². The molecule has 1 fully saturated rings. The minimum atomic E-state index is -1.13. The van der Waals surface area contributed by atoms with Gasteiger partial charge in [0.2, 0.25) is 0 Å². The summed E-state index contributed by atoms with van der Waals surface area (Å²) in [5.74, 6) is -0.383. The van der Waals surface area contributed by atoms with Crippen LogP contribution >= 0.6 is 0 Å². The van der Waals surface area contributed by atoms with Gasteiger partial charge in [0.15, 0.2) is 12.4 Å². The van der Waals surface area contributed by atoms with E-state index in [2.05, 4.69) is 6.58 Å². The molecule has 0 aliphatic carbocycles. The summed E-state index contributed by atoms with van der Waals surface area (Å²) in [6, 6.07) is 0. The largest absolute Gasteiger partial charge is 0.399 e. The third-order valence-corrected chi connectivity index (χ3v) is 4.60. The van der Waals surface area contributed by atoms with Gasteiger partial charge in [-0.25, -0.2) is 4.39 Å². The number of hydrogen-bond donors (Lipinski definition) is 1. The van der Waals surface area contributed by atoms with Gasteiger partial charge in [-0.2, -0.15) is 0 Å². The maximum atomic E-state index is 14.7. The van der Waals surface area contributed by atoms with E-state index < -0.39 is 12.4 Å². The Labute approximate surface area is 136 Å². The predicted molar refractivity (Wildman–Crippen MR) is 88.7 cm³/mol. The van der Waals surface area contributed by atoms with Crippen molar-refractivity contribution in [2.24, 2.45) is 11.7 Å². The van der Waals surface area contributed by atoms with Crippen molar-refractivity contribution < 1.29 is 13.9 Å².